The van der Waals surface area contributed by atoms with Crippen molar-refractivity contribution in [3.05, 3.63) is 35.5 Å². The van der Waals surface area contributed by atoms with Crippen molar-refractivity contribution in [2.45, 2.75) is 76.0 Å². The quantitative estimate of drug-likeness (QED) is 0.526. The second-order valence-electron chi connectivity index (χ2n) is 8.30. The maximum absolute atomic E-state index is 13.9. The van der Waals surface area contributed by atoms with Crippen LogP contribution in [0.2, 0.25) is 0 Å². The fourth-order valence-corrected chi connectivity index (χ4v) is 5.96. The number of rotatable bonds is 9. The summed E-state index contributed by atoms with van der Waals surface area (Å²) in [4.78, 5) is -1.08. The van der Waals surface area contributed by atoms with Crippen LogP contribution >= 0.6 is 0 Å². The normalized spacial score (nSPS) is 13.3. The van der Waals surface area contributed by atoms with E-state index in [9.17, 15) is 30.0 Å². The zero-order valence-electron chi connectivity index (χ0n) is 19.2. The molecule has 12 heteroatoms. The van der Waals surface area contributed by atoms with Crippen molar-refractivity contribution < 1.29 is 30.0 Å². The van der Waals surface area contributed by atoms with E-state index in [4.69, 9.17) is 5.14 Å². The third kappa shape index (κ3) is 6.17. The van der Waals surface area contributed by atoms with Crippen LogP contribution in [0.25, 0.3) is 11.3 Å². The van der Waals surface area contributed by atoms with Gasteiger partial charge >= 0.3 is 6.18 Å². The molecular formula is C21H30F3N3O4S2. The minimum absolute atomic E-state index is 0.0368. The minimum atomic E-state index is -4.96. The van der Waals surface area contributed by atoms with E-state index in [2.05, 4.69) is 4.72 Å². The van der Waals surface area contributed by atoms with Gasteiger partial charge < -0.3 is 4.57 Å². The first kappa shape index (κ1) is 27.4. The highest BCUT2D eigenvalue weighted by Crippen LogP contribution is 2.38. The summed E-state index contributed by atoms with van der Waals surface area (Å²) < 4.78 is 94.7. The number of nitrogens with zero attached hydrogens (tertiary/aromatic N) is 1. The number of hydrogen-bond acceptors (Lipinski definition) is 4. The van der Waals surface area contributed by atoms with Gasteiger partial charge in [-0.3, -0.25) is 0 Å². The van der Waals surface area contributed by atoms with Crippen LogP contribution in [-0.2, 0) is 32.8 Å². The molecule has 0 bridgehead atoms. The molecule has 0 aliphatic carbocycles. The van der Waals surface area contributed by atoms with Crippen molar-refractivity contribution >= 4 is 20.0 Å². The Morgan fingerprint density at radius 3 is 2.06 bits per heavy atom. The summed E-state index contributed by atoms with van der Waals surface area (Å²) in [7, 11) is -8.55. The van der Waals surface area contributed by atoms with Crippen LogP contribution in [0.15, 0.2) is 34.1 Å². The average Bonchev–Trinajstić information content (AvgIpc) is 3.00. The van der Waals surface area contributed by atoms with Crippen LogP contribution < -0.4 is 9.86 Å². The number of alkyl halides is 3. The van der Waals surface area contributed by atoms with Gasteiger partial charge in [-0.1, -0.05) is 32.8 Å². The molecule has 3 N–H and O–H groups in total. The van der Waals surface area contributed by atoms with Crippen molar-refractivity contribution in [2.24, 2.45) is 11.1 Å². The van der Waals surface area contributed by atoms with E-state index in [1.54, 1.807) is 11.5 Å². The lowest BCUT2D eigenvalue weighted by Gasteiger charge is -2.20. The lowest BCUT2D eigenvalue weighted by Crippen LogP contribution is -2.31. The molecule has 186 valence electrons. The van der Waals surface area contributed by atoms with Crippen LogP contribution in [-0.4, -0.2) is 27.4 Å². The number of benzene rings is 1. The molecule has 1 heterocycles. The summed E-state index contributed by atoms with van der Waals surface area (Å²) in [5.41, 5.74) is -0.770. The molecular weight excluding hydrogens is 479 g/mol. The topological polar surface area (TPSA) is 111 Å². The number of nitrogens with one attached hydrogen (secondary N) is 1. The first-order valence-corrected chi connectivity index (χ1v) is 13.5. The van der Waals surface area contributed by atoms with Gasteiger partial charge in [-0.05, 0) is 50.5 Å². The van der Waals surface area contributed by atoms with Gasteiger partial charge in [0.2, 0.25) is 20.0 Å². The highest BCUT2D eigenvalue weighted by Gasteiger charge is 2.38. The number of aromatic nitrogens is 1. The average molecular weight is 510 g/mol. The lowest BCUT2D eigenvalue weighted by atomic mass is 10.0. The Kier molecular flexibility index (Phi) is 8.10. The van der Waals surface area contributed by atoms with E-state index in [0.29, 0.717) is 12.2 Å². The van der Waals surface area contributed by atoms with E-state index in [-0.39, 0.29) is 22.1 Å². The first-order valence-electron chi connectivity index (χ1n) is 10.5. The Morgan fingerprint density at radius 1 is 1.03 bits per heavy atom. The Balaban J connectivity index is 2.81. The van der Waals surface area contributed by atoms with Crippen LogP contribution in [0.3, 0.4) is 0 Å². The molecule has 1 aromatic carbocycles. The van der Waals surface area contributed by atoms with Gasteiger partial charge in [0.15, 0.2) is 0 Å². The molecule has 7 nitrogen and oxygen atoms in total. The lowest BCUT2D eigenvalue weighted by molar-refractivity contribution is -0.139. The molecule has 1 aromatic heterocycles. The minimum Gasteiger partial charge on any atom is -0.343 e. The summed E-state index contributed by atoms with van der Waals surface area (Å²) in [6, 6.07) is 3.51. The number of sulfonamides is 2. The SMILES string of the molecule is CCC(CC)Cn1c(-c2ccc(S(=O)(=O)NC(C)C)c(C(F)(F)F)c2)cc(S(N)(=O)=O)c1C. The molecule has 2 aromatic rings. The third-order valence-electron chi connectivity index (χ3n) is 5.48. The molecule has 0 aliphatic rings. The molecule has 2 rings (SSSR count). The zero-order valence-corrected chi connectivity index (χ0v) is 20.8. The molecule has 0 saturated heterocycles. The van der Waals surface area contributed by atoms with Gasteiger partial charge in [0.25, 0.3) is 0 Å². The van der Waals surface area contributed by atoms with Gasteiger partial charge in [0.05, 0.1) is 10.5 Å². The van der Waals surface area contributed by atoms with Crippen molar-refractivity contribution in [3.63, 3.8) is 0 Å². The summed E-state index contributed by atoms with van der Waals surface area (Å²) in [5.74, 6) is 0.153. The van der Waals surface area contributed by atoms with Crippen molar-refractivity contribution in [3.8, 4) is 11.3 Å². The second kappa shape index (κ2) is 9.77. The highest BCUT2D eigenvalue weighted by molar-refractivity contribution is 7.89. The van der Waals surface area contributed by atoms with E-state index < -0.39 is 42.7 Å². The fourth-order valence-electron chi connectivity index (χ4n) is 3.71. The largest absolute Gasteiger partial charge is 0.417 e. The Labute approximate surface area is 193 Å². The molecule has 0 amide bonds. The molecule has 0 aliphatic heterocycles. The van der Waals surface area contributed by atoms with Crippen LogP contribution in [0.5, 0.6) is 0 Å². The number of nitrogens with two attached hydrogens (primary N) is 1. The predicted octanol–water partition coefficient (Wildman–Crippen LogP) is 4.25. The van der Waals surface area contributed by atoms with Gasteiger partial charge in [0, 0.05) is 24.0 Å². The smallest absolute Gasteiger partial charge is 0.343 e. The van der Waals surface area contributed by atoms with Crippen LogP contribution in [0.4, 0.5) is 13.2 Å². The van der Waals surface area contributed by atoms with Crippen LogP contribution in [0, 0.1) is 12.8 Å². The number of primary sulfonamides is 1. The van der Waals surface area contributed by atoms with Gasteiger partial charge in [-0.15, -0.1) is 0 Å². The highest BCUT2D eigenvalue weighted by atomic mass is 32.2. The van der Waals surface area contributed by atoms with E-state index >= 15 is 0 Å². The standard InChI is InChI=1S/C21H30F3N3O4S2/c1-6-15(7-2)12-27-14(5)20(32(25,28)29)11-18(27)16-8-9-19(17(10-16)21(22,23)24)33(30,31)26-13(3)4/h8-11,13,15,26H,6-7,12H2,1-5H3,(H2,25,28,29). The van der Waals surface area contributed by atoms with Gasteiger partial charge in [0.1, 0.15) is 4.90 Å². The summed E-state index contributed by atoms with van der Waals surface area (Å²) in [6.07, 6.45) is -3.39. The molecule has 0 unspecified atom stereocenters. The molecule has 0 atom stereocenters. The molecule has 33 heavy (non-hydrogen) atoms. The number of halogens is 3. The number of hydrogen-bond donors (Lipinski definition) is 2. The van der Waals surface area contributed by atoms with E-state index in [1.807, 2.05) is 13.8 Å². The Hall–Kier alpha value is -1.89. The maximum Gasteiger partial charge on any atom is 0.417 e. The molecule has 0 spiro atoms. The third-order valence-corrected chi connectivity index (χ3v) is 8.23. The summed E-state index contributed by atoms with van der Waals surface area (Å²) in [6.45, 7) is 8.86. The van der Waals surface area contributed by atoms with Crippen molar-refractivity contribution in [1.82, 2.24) is 9.29 Å². The molecule has 0 radical (unpaired) electrons. The first-order chi connectivity index (χ1) is 15.0. The predicted molar refractivity (Wildman–Crippen MR) is 121 cm³/mol. The maximum atomic E-state index is 13.9. The summed E-state index contributed by atoms with van der Waals surface area (Å²) >= 11 is 0. The second-order valence-corrected chi connectivity index (χ2v) is 11.5. The zero-order chi connectivity index (χ0) is 25.4. The van der Waals surface area contributed by atoms with Crippen LogP contribution in [0.1, 0.15) is 51.8 Å². The Morgan fingerprint density at radius 2 is 1.61 bits per heavy atom. The van der Waals surface area contributed by atoms with Gasteiger partial charge in [-0.25, -0.2) is 26.7 Å². The van der Waals surface area contributed by atoms with Crippen molar-refractivity contribution in [1.29, 1.82) is 0 Å². The Bertz CT molecular complexity index is 1210. The molecule has 0 fully saturated rings. The monoisotopic (exact) mass is 509 g/mol. The van der Waals surface area contributed by atoms with E-state index in [1.165, 1.54) is 26.0 Å². The summed E-state index contributed by atoms with van der Waals surface area (Å²) in [5, 5.41) is 5.33. The molecule has 0 saturated carbocycles. The van der Waals surface area contributed by atoms with Gasteiger partial charge in [-0.2, -0.15) is 13.2 Å². The van der Waals surface area contributed by atoms with E-state index in [0.717, 1.165) is 25.0 Å². The van der Waals surface area contributed by atoms with Crippen molar-refractivity contribution in [2.75, 3.05) is 0 Å². The fraction of sp³-hybridized carbons (Fsp3) is 0.524.